The fourth-order valence-electron chi connectivity index (χ4n) is 4.12. The van der Waals surface area contributed by atoms with E-state index in [1.54, 1.807) is 0 Å². The van der Waals surface area contributed by atoms with Gasteiger partial charge >= 0.3 is 6.03 Å². The zero-order chi connectivity index (χ0) is 28.7. The molecule has 0 aromatic heterocycles. The van der Waals surface area contributed by atoms with Crippen molar-refractivity contribution in [1.29, 1.82) is 0 Å². The standard InChI is InChI=1S/C28H60N3O6P/c1-6-7-8-9-10-11-12-13-14-15-16-17-18-19-20-21-23-35-26-27(25-30(2)28(29)32)37-38(33,34)36-24-22-31(3,4)5/h27H,6-26H2,1-5H3,(H2-,29,32,33,34). The lowest BCUT2D eigenvalue weighted by Gasteiger charge is -2.31. The molecule has 0 aromatic carbocycles. The molecule has 0 spiro atoms. The normalized spacial score (nSPS) is 14.4. The molecule has 9 nitrogen and oxygen atoms in total. The van der Waals surface area contributed by atoms with Gasteiger partial charge in [0.1, 0.15) is 19.3 Å². The summed E-state index contributed by atoms with van der Waals surface area (Å²) in [6, 6.07) is -0.664. The van der Waals surface area contributed by atoms with Gasteiger partial charge in [0.15, 0.2) is 0 Å². The Balaban J connectivity index is 3.91. The van der Waals surface area contributed by atoms with Crippen LogP contribution in [0.2, 0.25) is 0 Å². The maximum absolute atomic E-state index is 12.3. The van der Waals surface area contributed by atoms with E-state index >= 15 is 0 Å². The number of phosphoric ester groups is 1. The number of hydrogen-bond acceptors (Lipinski definition) is 6. The van der Waals surface area contributed by atoms with Crippen LogP contribution >= 0.6 is 7.82 Å². The topological polar surface area (TPSA) is 114 Å². The van der Waals surface area contributed by atoms with Gasteiger partial charge in [-0.2, -0.15) is 0 Å². The van der Waals surface area contributed by atoms with Gasteiger partial charge < -0.3 is 33.8 Å². The lowest BCUT2D eigenvalue weighted by Crippen LogP contribution is -2.41. The van der Waals surface area contributed by atoms with Crippen LogP contribution in [-0.4, -0.2) is 82.6 Å². The van der Waals surface area contributed by atoms with Crippen LogP contribution in [0.4, 0.5) is 4.79 Å². The molecule has 0 aromatic rings. The minimum atomic E-state index is -4.53. The number of phosphoric acid groups is 1. The third kappa shape index (κ3) is 25.6. The van der Waals surface area contributed by atoms with Gasteiger partial charge in [-0.15, -0.1) is 0 Å². The number of hydrogen-bond donors (Lipinski definition) is 1. The summed E-state index contributed by atoms with van der Waals surface area (Å²) in [5.41, 5.74) is 5.29. The quantitative estimate of drug-likeness (QED) is 0.0759. The highest BCUT2D eigenvalue weighted by Crippen LogP contribution is 2.40. The van der Waals surface area contributed by atoms with Gasteiger partial charge in [0.05, 0.1) is 34.3 Å². The molecule has 2 unspecified atom stereocenters. The van der Waals surface area contributed by atoms with E-state index in [4.69, 9.17) is 19.5 Å². The molecular formula is C28H60N3O6P. The van der Waals surface area contributed by atoms with Crippen LogP contribution in [0.25, 0.3) is 0 Å². The molecule has 2 atom stereocenters. The molecular weight excluding hydrogens is 505 g/mol. The molecule has 0 rings (SSSR count). The molecule has 0 heterocycles. The molecule has 0 aliphatic rings. The van der Waals surface area contributed by atoms with Crippen LogP contribution in [0, 0.1) is 0 Å². The van der Waals surface area contributed by atoms with Gasteiger partial charge in [-0.05, 0) is 6.42 Å². The van der Waals surface area contributed by atoms with Crippen molar-refractivity contribution >= 4 is 13.9 Å². The van der Waals surface area contributed by atoms with E-state index in [9.17, 15) is 14.3 Å². The van der Waals surface area contributed by atoms with Crippen molar-refractivity contribution in [2.45, 2.75) is 116 Å². The Hall–Kier alpha value is -0.700. The summed E-state index contributed by atoms with van der Waals surface area (Å²) in [4.78, 5) is 24.9. The Bertz CT molecular complexity index is 618. The van der Waals surface area contributed by atoms with Crippen molar-refractivity contribution in [3.8, 4) is 0 Å². The summed E-state index contributed by atoms with van der Waals surface area (Å²) < 4.78 is 28.7. The summed E-state index contributed by atoms with van der Waals surface area (Å²) in [5.74, 6) is 0. The highest BCUT2D eigenvalue weighted by Gasteiger charge is 2.22. The highest BCUT2D eigenvalue weighted by molar-refractivity contribution is 7.45. The van der Waals surface area contributed by atoms with Gasteiger partial charge in [-0.1, -0.05) is 103 Å². The lowest BCUT2D eigenvalue weighted by atomic mass is 10.0. The number of urea groups is 1. The number of quaternary nitrogens is 1. The number of nitrogens with zero attached hydrogens (tertiary/aromatic N) is 2. The van der Waals surface area contributed by atoms with E-state index in [1.165, 1.54) is 102 Å². The maximum atomic E-state index is 12.3. The summed E-state index contributed by atoms with van der Waals surface area (Å²) in [7, 11) is 2.78. The Labute approximate surface area is 234 Å². The van der Waals surface area contributed by atoms with Crippen molar-refractivity contribution in [2.24, 2.45) is 5.73 Å². The van der Waals surface area contributed by atoms with Crippen molar-refractivity contribution in [1.82, 2.24) is 4.90 Å². The number of carbonyl (C=O) groups is 1. The predicted octanol–water partition coefficient (Wildman–Crippen LogP) is 5.85. The fraction of sp³-hybridized carbons (Fsp3) is 0.964. The van der Waals surface area contributed by atoms with E-state index in [2.05, 4.69) is 6.92 Å². The first kappa shape index (κ1) is 37.3. The molecule has 0 saturated heterocycles. The maximum Gasteiger partial charge on any atom is 0.314 e. The van der Waals surface area contributed by atoms with E-state index in [1.807, 2.05) is 21.1 Å². The third-order valence-electron chi connectivity index (χ3n) is 6.59. The van der Waals surface area contributed by atoms with Crippen molar-refractivity contribution in [2.75, 3.05) is 61.1 Å². The first-order valence-electron chi connectivity index (χ1n) is 15.0. The Morgan fingerprint density at radius 2 is 1.29 bits per heavy atom. The van der Waals surface area contributed by atoms with E-state index in [0.717, 1.165) is 12.8 Å². The Morgan fingerprint density at radius 1 is 0.842 bits per heavy atom. The van der Waals surface area contributed by atoms with Gasteiger partial charge in [0.2, 0.25) is 0 Å². The number of carbonyl (C=O) groups excluding carboxylic acids is 1. The van der Waals surface area contributed by atoms with Crippen molar-refractivity contribution < 1.29 is 32.5 Å². The number of unbranched alkanes of at least 4 members (excludes halogenated alkanes) is 15. The number of amides is 2. The average Bonchev–Trinajstić information content (AvgIpc) is 2.81. The number of ether oxygens (including phenoxy) is 1. The Kier molecular flexibility index (Phi) is 22.6. The number of primary amides is 1. The molecule has 0 radical (unpaired) electrons. The van der Waals surface area contributed by atoms with Crippen LogP contribution in [0.3, 0.4) is 0 Å². The van der Waals surface area contributed by atoms with E-state index < -0.39 is 20.0 Å². The highest BCUT2D eigenvalue weighted by atomic mass is 31.2. The first-order valence-corrected chi connectivity index (χ1v) is 16.5. The first-order chi connectivity index (χ1) is 18.0. The van der Waals surface area contributed by atoms with Gasteiger partial charge in [0, 0.05) is 13.7 Å². The summed E-state index contributed by atoms with van der Waals surface area (Å²) >= 11 is 0. The summed E-state index contributed by atoms with van der Waals surface area (Å²) in [6.45, 7) is 3.35. The van der Waals surface area contributed by atoms with Crippen molar-refractivity contribution in [3.05, 3.63) is 0 Å². The van der Waals surface area contributed by atoms with Gasteiger partial charge in [0.25, 0.3) is 7.82 Å². The molecule has 0 fully saturated rings. The molecule has 0 bridgehead atoms. The molecule has 2 N–H and O–H groups in total. The monoisotopic (exact) mass is 565 g/mol. The zero-order valence-corrected chi connectivity index (χ0v) is 26.2. The molecule has 228 valence electrons. The number of rotatable bonds is 27. The molecule has 0 saturated carbocycles. The minimum Gasteiger partial charge on any atom is -0.756 e. The Morgan fingerprint density at radius 3 is 1.71 bits per heavy atom. The molecule has 38 heavy (non-hydrogen) atoms. The van der Waals surface area contributed by atoms with Crippen molar-refractivity contribution in [3.63, 3.8) is 0 Å². The van der Waals surface area contributed by atoms with Crippen LogP contribution in [0.1, 0.15) is 110 Å². The average molecular weight is 566 g/mol. The molecule has 0 aliphatic heterocycles. The van der Waals surface area contributed by atoms with Crippen LogP contribution in [0.15, 0.2) is 0 Å². The van der Waals surface area contributed by atoms with Gasteiger partial charge in [-0.3, -0.25) is 4.57 Å². The zero-order valence-electron chi connectivity index (χ0n) is 25.3. The van der Waals surface area contributed by atoms with Crippen LogP contribution in [-0.2, 0) is 18.3 Å². The summed E-state index contributed by atoms with van der Waals surface area (Å²) in [5, 5.41) is 0. The molecule has 2 amide bonds. The van der Waals surface area contributed by atoms with E-state index in [-0.39, 0.29) is 19.8 Å². The summed E-state index contributed by atoms with van der Waals surface area (Å²) in [6.07, 6.45) is 20.0. The number of likely N-dealkylation sites (N-methyl/N-ethyl adjacent to an activating group) is 2. The third-order valence-corrected chi connectivity index (χ3v) is 7.64. The largest absolute Gasteiger partial charge is 0.756 e. The number of nitrogens with two attached hydrogens (primary N) is 1. The molecule has 10 heteroatoms. The van der Waals surface area contributed by atoms with E-state index in [0.29, 0.717) is 17.6 Å². The van der Waals surface area contributed by atoms with Crippen LogP contribution in [0.5, 0.6) is 0 Å². The van der Waals surface area contributed by atoms with Crippen LogP contribution < -0.4 is 10.6 Å². The predicted molar refractivity (Wildman–Crippen MR) is 154 cm³/mol. The van der Waals surface area contributed by atoms with Gasteiger partial charge in [-0.25, -0.2) is 4.79 Å². The second kappa shape index (κ2) is 23.0. The lowest BCUT2D eigenvalue weighted by molar-refractivity contribution is -0.870. The fourth-order valence-corrected chi connectivity index (χ4v) is 4.98. The SMILES string of the molecule is CCCCCCCCCCCCCCCCCCOCC(CN(C)C(N)=O)OP(=O)([O-])OCC[N+](C)(C)C. The smallest absolute Gasteiger partial charge is 0.314 e. The second-order valence-electron chi connectivity index (χ2n) is 11.6. The minimum absolute atomic E-state index is 0.000778. The second-order valence-corrected chi connectivity index (χ2v) is 13.0. The molecule has 0 aliphatic carbocycles.